The molecule has 4 aromatic rings. The van der Waals surface area contributed by atoms with Gasteiger partial charge in [0.1, 0.15) is 18.2 Å². The van der Waals surface area contributed by atoms with Gasteiger partial charge in [0.2, 0.25) is 19.3 Å². The van der Waals surface area contributed by atoms with Crippen LogP contribution in [0.4, 0.5) is 5.13 Å². The lowest BCUT2D eigenvalue weighted by molar-refractivity contribution is -0.112. The zero-order chi connectivity index (χ0) is 25.7. The summed E-state index contributed by atoms with van der Waals surface area (Å²) >= 11 is 0.713. The number of methoxy groups -OCH3 is 1. The second-order valence-electron chi connectivity index (χ2n) is 7.56. The van der Waals surface area contributed by atoms with Crippen LogP contribution in [0.3, 0.4) is 0 Å². The van der Waals surface area contributed by atoms with Gasteiger partial charge in [0, 0.05) is 28.9 Å². The van der Waals surface area contributed by atoms with Gasteiger partial charge in [0.05, 0.1) is 13.7 Å². The van der Waals surface area contributed by atoms with E-state index in [2.05, 4.69) is 15.5 Å². The van der Waals surface area contributed by atoms with Gasteiger partial charge in [-0.1, -0.05) is 41.7 Å². The normalized spacial score (nSPS) is 11.8. The minimum absolute atomic E-state index is 0.0162. The lowest BCUT2D eigenvalue weighted by atomic mass is 10.1. The molecule has 184 valence electrons. The van der Waals surface area contributed by atoms with E-state index in [4.69, 9.17) is 9.47 Å². The van der Waals surface area contributed by atoms with Crippen LogP contribution in [0.5, 0.6) is 11.5 Å². The maximum absolute atomic E-state index is 12.7. The van der Waals surface area contributed by atoms with E-state index in [1.54, 1.807) is 7.11 Å². The molecule has 0 atom stereocenters. The lowest BCUT2D eigenvalue weighted by Gasteiger charge is -2.11. The summed E-state index contributed by atoms with van der Waals surface area (Å²) in [5.74, 6) is 0.558. The number of sulfone groups is 1. The molecule has 10 nitrogen and oxygen atoms in total. The van der Waals surface area contributed by atoms with Gasteiger partial charge in [-0.15, -0.1) is 10.2 Å². The molecule has 12 heteroatoms. The Morgan fingerprint density at radius 1 is 1.17 bits per heavy atom. The Morgan fingerprint density at radius 2 is 1.89 bits per heavy atom. The number of carbonyl (C=O) groups is 1. The molecule has 0 aliphatic carbocycles. The van der Waals surface area contributed by atoms with E-state index in [1.807, 2.05) is 65.4 Å². The van der Waals surface area contributed by atoms with Crippen molar-refractivity contribution in [3.8, 4) is 17.6 Å². The monoisotopic (exact) mass is 523 g/mol. The number of amides is 1. The van der Waals surface area contributed by atoms with Crippen molar-refractivity contribution >= 4 is 49.2 Å². The number of nitriles is 1. The fraction of sp³-hybridized carbons (Fsp3) is 0.167. The molecule has 36 heavy (non-hydrogen) atoms. The molecular weight excluding hydrogens is 502 g/mol. The third-order valence-electron chi connectivity index (χ3n) is 5.09. The van der Waals surface area contributed by atoms with Crippen LogP contribution in [-0.2, 0) is 21.2 Å². The van der Waals surface area contributed by atoms with Crippen LogP contribution in [0.15, 0.2) is 64.6 Å². The van der Waals surface area contributed by atoms with Crippen LogP contribution < -0.4 is 14.8 Å². The maximum atomic E-state index is 12.7. The molecule has 0 saturated heterocycles. The second-order valence-corrected chi connectivity index (χ2v) is 10.7. The summed E-state index contributed by atoms with van der Waals surface area (Å²) in [6.45, 7) is 0.882. The third-order valence-corrected chi connectivity index (χ3v) is 7.59. The fourth-order valence-electron chi connectivity index (χ4n) is 3.45. The number of aromatic nitrogens is 3. The van der Waals surface area contributed by atoms with Crippen molar-refractivity contribution in [3.05, 3.63) is 65.9 Å². The summed E-state index contributed by atoms with van der Waals surface area (Å²) in [5.41, 5.74) is 1.41. The number of hydrogen-bond donors (Lipinski definition) is 1. The third kappa shape index (κ3) is 5.54. The molecule has 0 bridgehead atoms. The van der Waals surface area contributed by atoms with Crippen molar-refractivity contribution < 1.29 is 22.7 Å². The molecule has 0 saturated carbocycles. The Bertz CT molecular complexity index is 1600. The standard InChI is InChI=1S/C24H21N5O5S2/c1-33-20-9-5-6-10-21(20)34-12-11-29-15-17(18-7-3-4-8-19(18)29)13-16(14-25)22(30)26-23-27-28-24(35-23)36(2,31)32/h3-10,13,15H,11-12H2,1-2H3,(H,26,27,30)/b16-13-. The molecule has 1 amide bonds. The highest BCUT2D eigenvalue weighted by Crippen LogP contribution is 2.27. The van der Waals surface area contributed by atoms with Gasteiger partial charge in [-0.3, -0.25) is 10.1 Å². The number of benzene rings is 2. The van der Waals surface area contributed by atoms with Gasteiger partial charge < -0.3 is 14.0 Å². The summed E-state index contributed by atoms with van der Waals surface area (Å²) < 4.78 is 36.1. The molecule has 0 fully saturated rings. The molecular formula is C24H21N5O5S2. The topological polar surface area (TPSA) is 136 Å². The van der Waals surface area contributed by atoms with Crippen molar-refractivity contribution in [2.24, 2.45) is 0 Å². The number of anilines is 1. The highest BCUT2D eigenvalue weighted by molar-refractivity contribution is 7.92. The number of hydrogen-bond acceptors (Lipinski definition) is 9. The molecule has 0 radical (unpaired) electrons. The summed E-state index contributed by atoms with van der Waals surface area (Å²) in [5, 5.41) is 20.1. The van der Waals surface area contributed by atoms with Crippen molar-refractivity contribution in [2.75, 3.05) is 25.3 Å². The van der Waals surface area contributed by atoms with Gasteiger partial charge >= 0.3 is 0 Å². The summed E-state index contributed by atoms with van der Waals surface area (Å²) in [4.78, 5) is 12.7. The molecule has 2 aromatic heterocycles. The van der Waals surface area contributed by atoms with Crippen molar-refractivity contribution in [1.82, 2.24) is 14.8 Å². The predicted molar refractivity (Wildman–Crippen MR) is 136 cm³/mol. The average Bonchev–Trinajstić information content (AvgIpc) is 3.48. The van der Waals surface area contributed by atoms with Gasteiger partial charge in [-0.05, 0) is 24.3 Å². The Kier molecular flexibility index (Phi) is 7.33. The van der Waals surface area contributed by atoms with Crippen molar-refractivity contribution in [3.63, 3.8) is 0 Å². The Labute approximate surface area is 211 Å². The van der Waals surface area contributed by atoms with Crippen LogP contribution in [-0.4, -0.2) is 49.1 Å². The summed E-state index contributed by atoms with van der Waals surface area (Å²) in [6.07, 6.45) is 4.32. The number of ether oxygens (including phenoxy) is 2. The molecule has 2 aromatic carbocycles. The first-order valence-electron chi connectivity index (χ1n) is 10.6. The summed E-state index contributed by atoms with van der Waals surface area (Å²) in [7, 11) is -1.97. The van der Waals surface area contributed by atoms with E-state index < -0.39 is 15.7 Å². The fourth-order valence-corrected chi connectivity index (χ4v) is 4.95. The molecule has 2 heterocycles. The minimum Gasteiger partial charge on any atom is -0.493 e. The summed E-state index contributed by atoms with van der Waals surface area (Å²) in [6, 6.07) is 16.9. The van der Waals surface area contributed by atoms with Crippen LogP contribution in [0.1, 0.15) is 5.56 Å². The SMILES string of the molecule is COc1ccccc1OCCn1cc(/C=C(/C#N)C(=O)Nc2nnc(S(C)(=O)=O)s2)c2ccccc21. The first-order valence-corrected chi connectivity index (χ1v) is 13.3. The van der Waals surface area contributed by atoms with Crippen LogP contribution in [0.2, 0.25) is 0 Å². The first kappa shape index (κ1) is 24.9. The van der Waals surface area contributed by atoms with Gasteiger partial charge in [0.15, 0.2) is 11.5 Å². The van der Waals surface area contributed by atoms with E-state index in [0.29, 0.717) is 41.6 Å². The van der Waals surface area contributed by atoms with E-state index >= 15 is 0 Å². The molecule has 1 N–H and O–H groups in total. The lowest BCUT2D eigenvalue weighted by Crippen LogP contribution is -2.13. The number of fused-ring (bicyclic) bond motifs is 1. The highest BCUT2D eigenvalue weighted by Gasteiger charge is 2.18. The molecule has 0 aliphatic rings. The highest BCUT2D eigenvalue weighted by atomic mass is 32.2. The van der Waals surface area contributed by atoms with Crippen LogP contribution in [0.25, 0.3) is 17.0 Å². The molecule has 0 unspecified atom stereocenters. The van der Waals surface area contributed by atoms with Gasteiger partial charge in [-0.2, -0.15) is 5.26 Å². The quantitative estimate of drug-likeness (QED) is 0.200. The van der Waals surface area contributed by atoms with Crippen LogP contribution in [0, 0.1) is 11.3 Å². The number of nitrogens with one attached hydrogen (secondary N) is 1. The number of rotatable bonds is 9. The molecule has 4 rings (SSSR count). The Morgan fingerprint density at radius 3 is 2.58 bits per heavy atom. The van der Waals surface area contributed by atoms with E-state index in [9.17, 15) is 18.5 Å². The minimum atomic E-state index is -3.55. The number of carbonyl (C=O) groups excluding carboxylic acids is 1. The second kappa shape index (κ2) is 10.6. The predicted octanol–water partition coefficient (Wildman–Crippen LogP) is 3.53. The largest absolute Gasteiger partial charge is 0.493 e. The Balaban J connectivity index is 1.55. The molecule has 0 aliphatic heterocycles. The van der Waals surface area contributed by atoms with Crippen molar-refractivity contribution in [1.29, 1.82) is 5.26 Å². The Hall–Kier alpha value is -4.21. The first-order chi connectivity index (χ1) is 17.3. The maximum Gasteiger partial charge on any atom is 0.268 e. The zero-order valence-electron chi connectivity index (χ0n) is 19.3. The zero-order valence-corrected chi connectivity index (χ0v) is 21.0. The average molecular weight is 524 g/mol. The van der Waals surface area contributed by atoms with E-state index in [0.717, 1.165) is 17.2 Å². The molecule has 0 spiro atoms. The van der Waals surface area contributed by atoms with Crippen LogP contribution >= 0.6 is 11.3 Å². The van der Waals surface area contributed by atoms with Gasteiger partial charge in [-0.25, -0.2) is 8.42 Å². The smallest absolute Gasteiger partial charge is 0.268 e. The number of para-hydroxylation sites is 3. The number of nitrogens with zero attached hydrogens (tertiary/aromatic N) is 4. The van der Waals surface area contributed by atoms with Crippen molar-refractivity contribution in [2.45, 2.75) is 10.9 Å². The van der Waals surface area contributed by atoms with Gasteiger partial charge in [0.25, 0.3) is 5.91 Å². The van der Waals surface area contributed by atoms with E-state index in [-0.39, 0.29) is 15.0 Å². The van der Waals surface area contributed by atoms with E-state index in [1.165, 1.54) is 6.08 Å².